The third kappa shape index (κ3) is 4.84. The van der Waals surface area contributed by atoms with Crippen LogP contribution in [-0.2, 0) is 6.54 Å². The van der Waals surface area contributed by atoms with Crippen LogP contribution in [0, 0.1) is 12.7 Å². The minimum atomic E-state index is -0.0730. The zero-order chi connectivity index (χ0) is 12.8. The van der Waals surface area contributed by atoms with Crippen molar-refractivity contribution < 1.29 is 4.39 Å². The van der Waals surface area contributed by atoms with Gasteiger partial charge in [-0.15, -0.1) is 0 Å². The van der Waals surface area contributed by atoms with Gasteiger partial charge in [-0.05, 0) is 19.5 Å². The highest BCUT2D eigenvalue weighted by Gasteiger charge is 2.07. The van der Waals surface area contributed by atoms with Crippen LogP contribution in [0.4, 0.5) is 4.39 Å². The molecule has 0 fully saturated rings. The molecule has 0 aromatic heterocycles. The summed E-state index contributed by atoms with van der Waals surface area (Å²) in [5.74, 6) is -0.0730. The predicted octanol–water partition coefficient (Wildman–Crippen LogP) is 2.56. The van der Waals surface area contributed by atoms with E-state index in [0.29, 0.717) is 12.6 Å². The van der Waals surface area contributed by atoms with E-state index in [1.807, 2.05) is 19.2 Å². The van der Waals surface area contributed by atoms with Crippen molar-refractivity contribution in [1.82, 2.24) is 10.2 Å². The highest BCUT2D eigenvalue weighted by molar-refractivity contribution is 5.24. The van der Waals surface area contributed by atoms with Crippen molar-refractivity contribution in [2.45, 2.75) is 33.4 Å². The number of hydrogen-bond acceptors (Lipinski definition) is 2. The third-order valence-electron chi connectivity index (χ3n) is 2.76. The van der Waals surface area contributed by atoms with Gasteiger partial charge in [0.05, 0.1) is 0 Å². The summed E-state index contributed by atoms with van der Waals surface area (Å²) in [5.41, 5.74) is 1.49. The Bertz CT molecular complexity index is 350. The summed E-state index contributed by atoms with van der Waals surface area (Å²) in [6.07, 6.45) is 0. The molecule has 2 nitrogen and oxygen atoms in total. The molecule has 1 aromatic rings. The van der Waals surface area contributed by atoms with Gasteiger partial charge in [0.2, 0.25) is 0 Å². The number of hydrogen-bond donors (Lipinski definition) is 1. The van der Waals surface area contributed by atoms with Gasteiger partial charge in [-0.25, -0.2) is 4.39 Å². The average Bonchev–Trinajstić information content (AvgIpc) is 2.24. The Kier molecular flexibility index (Phi) is 5.59. The van der Waals surface area contributed by atoms with Crippen molar-refractivity contribution in [3.63, 3.8) is 0 Å². The van der Waals surface area contributed by atoms with Crippen LogP contribution in [0.25, 0.3) is 0 Å². The first-order chi connectivity index (χ1) is 8.00. The smallest absolute Gasteiger partial charge is 0.130 e. The van der Waals surface area contributed by atoms with Crippen molar-refractivity contribution in [2.24, 2.45) is 0 Å². The molecular weight excluding hydrogens is 215 g/mol. The van der Waals surface area contributed by atoms with Gasteiger partial charge in [0.25, 0.3) is 0 Å². The Morgan fingerprint density at radius 2 is 2.06 bits per heavy atom. The summed E-state index contributed by atoms with van der Waals surface area (Å²) in [5, 5.41) is 3.35. The van der Waals surface area contributed by atoms with Crippen LogP contribution in [0.1, 0.15) is 25.0 Å². The normalized spacial score (nSPS) is 11.5. The molecular formula is C14H23FN2. The minimum Gasteiger partial charge on any atom is -0.313 e. The van der Waals surface area contributed by atoms with Gasteiger partial charge in [-0.1, -0.05) is 32.0 Å². The summed E-state index contributed by atoms with van der Waals surface area (Å²) in [7, 11) is 2.02. The Morgan fingerprint density at radius 3 is 2.71 bits per heavy atom. The van der Waals surface area contributed by atoms with Crippen LogP contribution in [0.5, 0.6) is 0 Å². The molecule has 96 valence electrons. The molecule has 0 saturated heterocycles. The Labute approximate surface area is 104 Å². The summed E-state index contributed by atoms with van der Waals surface area (Å²) in [6, 6.07) is 6.07. The van der Waals surface area contributed by atoms with E-state index >= 15 is 0 Å². The predicted molar refractivity (Wildman–Crippen MR) is 70.6 cm³/mol. The van der Waals surface area contributed by atoms with Gasteiger partial charge in [-0.2, -0.15) is 0 Å². The van der Waals surface area contributed by atoms with Crippen LogP contribution in [-0.4, -0.2) is 31.1 Å². The van der Waals surface area contributed by atoms with Crippen molar-refractivity contribution >= 4 is 0 Å². The molecule has 0 amide bonds. The number of rotatable bonds is 6. The van der Waals surface area contributed by atoms with Gasteiger partial charge in [0, 0.05) is 31.2 Å². The van der Waals surface area contributed by atoms with Gasteiger partial charge in [0.15, 0.2) is 0 Å². The second-order valence-corrected chi connectivity index (χ2v) is 4.89. The molecule has 1 aromatic carbocycles. The lowest BCUT2D eigenvalue weighted by atomic mass is 10.1. The Balaban J connectivity index is 2.45. The van der Waals surface area contributed by atoms with Crippen LogP contribution in [0.15, 0.2) is 18.2 Å². The monoisotopic (exact) mass is 238 g/mol. The lowest BCUT2D eigenvalue weighted by molar-refractivity contribution is 0.315. The highest BCUT2D eigenvalue weighted by Crippen LogP contribution is 2.13. The van der Waals surface area contributed by atoms with Crippen LogP contribution in [0.2, 0.25) is 0 Å². The first kappa shape index (κ1) is 14.1. The number of aryl methyl sites for hydroxylation is 1. The third-order valence-corrected chi connectivity index (χ3v) is 2.76. The summed E-state index contributed by atoms with van der Waals surface area (Å²) >= 11 is 0. The lowest BCUT2D eigenvalue weighted by Gasteiger charge is -2.18. The topological polar surface area (TPSA) is 15.3 Å². The largest absolute Gasteiger partial charge is 0.313 e. The van der Waals surface area contributed by atoms with Gasteiger partial charge < -0.3 is 10.2 Å². The van der Waals surface area contributed by atoms with Crippen molar-refractivity contribution in [1.29, 1.82) is 0 Å². The zero-order valence-corrected chi connectivity index (χ0v) is 11.3. The highest BCUT2D eigenvalue weighted by atomic mass is 19.1. The molecule has 0 heterocycles. The maximum Gasteiger partial charge on any atom is 0.130 e. The molecule has 0 unspecified atom stereocenters. The molecule has 0 aliphatic carbocycles. The molecule has 1 rings (SSSR count). The molecule has 0 aliphatic heterocycles. The number of halogens is 1. The Hall–Kier alpha value is -0.930. The minimum absolute atomic E-state index is 0.0730. The van der Waals surface area contributed by atoms with E-state index in [2.05, 4.69) is 24.1 Å². The van der Waals surface area contributed by atoms with Crippen molar-refractivity contribution in [3.8, 4) is 0 Å². The number of likely N-dealkylation sites (N-methyl/N-ethyl adjacent to an activating group) is 1. The standard InChI is InChI=1S/C14H23FN2/c1-11(2)16-8-9-17(4)10-13-7-5-6-12(3)14(13)15/h5-7,11,16H,8-10H2,1-4H3. The molecule has 0 atom stereocenters. The molecule has 0 saturated carbocycles. The van der Waals surface area contributed by atoms with E-state index in [9.17, 15) is 4.39 Å². The molecule has 3 heteroatoms. The SMILES string of the molecule is Cc1cccc(CN(C)CCNC(C)C)c1F. The summed E-state index contributed by atoms with van der Waals surface area (Å²) < 4.78 is 13.8. The quantitative estimate of drug-likeness (QED) is 0.819. The molecule has 1 N–H and O–H groups in total. The molecule has 17 heavy (non-hydrogen) atoms. The average molecular weight is 238 g/mol. The van der Waals surface area contributed by atoms with Crippen LogP contribution < -0.4 is 5.32 Å². The second kappa shape index (κ2) is 6.72. The van der Waals surface area contributed by atoms with Gasteiger partial charge in [0.1, 0.15) is 5.82 Å². The summed E-state index contributed by atoms with van der Waals surface area (Å²) in [4.78, 5) is 2.13. The van der Waals surface area contributed by atoms with E-state index in [-0.39, 0.29) is 5.82 Å². The first-order valence-corrected chi connectivity index (χ1v) is 6.16. The Morgan fingerprint density at radius 1 is 1.35 bits per heavy atom. The molecule has 0 bridgehead atoms. The summed E-state index contributed by atoms with van der Waals surface area (Å²) in [6.45, 7) is 8.57. The fourth-order valence-corrected chi connectivity index (χ4v) is 1.74. The first-order valence-electron chi connectivity index (χ1n) is 6.16. The fourth-order valence-electron chi connectivity index (χ4n) is 1.74. The van der Waals surface area contributed by atoms with Gasteiger partial charge in [-0.3, -0.25) is 0 Å². The number of nitrogens with one attached hydrogen (secondary N) is 1. The molecule has 0 radical (unpaired) electrons. The maximum absolute atomic E-state index is 13.8. The van der Waals surface area contributed by atoms with Gasteiger partial charge >= 0.3 is 0 Å². The molecule has 0 spiro atoms. The number of nitrogens with zero attached hydrogens (tertiary/aromatic N) is 1. The van der Waals surface area contributed by atoms with Crippen LogP contribution >= 0.6 is 0 Å². The van der Waals surface area contributed by atoms with E-state index in [0.717, 1.165) is 24.2 Å². The number of benzene rings is 1. The van der Waals surface area contributed by atoms with Crippen molar-refractivity contribution in [3.05, 3.63) is 35.1 Å². The van der Waals surface area contributed by atoms with E-state index in [4.69, 9.17) is 0 Å². The molecule has 0 aliphatic rings. The second-order valence-electron chi connectivity index (χ2n) is 4.89. The zero-order valence-electron chi connectivity index (χ0n) is 11.3. The van der Waals surface area contributed by atoms with Crippen LogP contribution in [0.3, 0.4) is 0 Å². The van der Waals surface area contributed by atoms with Crippen molar-refractivity contribution in [2.75, 3.05) is 20.1 Å². The lowest BCUT2D eigenvalue weighted by Crippen LogP contribution is -2.32. The maximum atomic E-state index is 13.8. The van der Waals surface area contributed by atoms with E-state index < -0.39 is 0 Å². The van der Waals surface area contributed by atoms with E-state index in [1.54, 1.807) is 13.0 Å². The fraction of sp³-hybridized carbons (Fsp3) is 0.571. The van der Waals surface area contributed by atoms with E-state index in [1.165, 1.54) is 0 Å².